The van der Waals surface area contributed by atoms with Gasteiger partial charge in [-0.25, -0.2) is 18.2 Å². The van der Waals surface area contributed by atoms with E-state index in [0.717, 1.165) is 0 Å². The summed E-state index contributed by atoms with van der Waals surface area (Å²) in [5, 5.41) is 0.0909. The van der Waals surface area contributed by atoms with Crippen molar-refractivity contribution in [3.8, 4) is 5.75 Å². The third kappa shape index (κ3) is 3.45. The summed E-state index contributed by atoms with van der Waals surface area (Å²) < 4.78 is 36.8. The Hall–Kier alpha value is -2.13. The third-order valence-electron chi connectivity index (χ3n) is 3.66. The van der Waals surface area contributed by atoms with Crippen LogP contribution >= 0.6 is 0 Å². The predicted molar refractivity (Wildman–Crippen MR) is 80.7 cm³/mol. The minimum Gasteiger partial charge on any atom is -0.490 e. The number of aromatic amines is 1. The molecule has 0 aliphatic carbocycles. The van der Waals surface area contributed by atoms with Gasteiger partial charge in [-0.2, -0.15) is 4.31 Å². The number of aromatic nitrogens is 2. The molecular formula is C14H17N3O5S. The Morgan fingerprint density at radius 3 is 2.70 bits per heavy atom. The second-order valence-corrected chi connectivity index (χ2v) is 7.27. The summed E-state index contributed by atoms with van der Waals surface area (Å²) in [5.74, 6) is 0.931. The van der Waals surface area contributed by atoms with Crippen LogP contribution in [0.4, 0.5) is 0 Å². The zero-order chi connectivity index (χ0) is 16.4. The van der Waals surface area contributed by atoms with Gasteiger partial charge >= 0.3 is 5.63 Å². The summed E-state index contributed by atoms with van der Waals surface area (Å²) in [7, 11) is -3.53. The number of piperidine rings is 1. The fourth-order valence-corrected chi connectivity index (χ4v) is 3.92. The SMILES string of the molecule is Cc1cc(OC2CCN(S(=O)(=O)c3cnc[nH]3)CC2)cc(=O)o1. The maximum Gasteiger partial charge on any atom is 0.339 e. The van der Waals surface area contributed by atoms with Crippen LogP contribution in [0.5, 0.6) is 5.75 Å². The fourth-order valence-electron chi connectivity index (χ4n) is 2.55. The first-order valence-corrected chi connectivity index (χ1v) is 8.66. The van der Waals surface area contributed by atoms with Crippen molar-refractivity contribution in [3.05, 3.63) is 40.8 Å². The van der Waals surface area contributed by atoms with E-state index in [4.69, 9.17) is 9.15 Å². The number of ether oxygens (including phenoxy) is 1. The maximum absolute atomic E-state index is 12.4. The summed E-state index contributed by atoms with van der Waals surface area (Å²) in [6.07, 6.45) is 3.60. The fraction of sp³-hybridized carbons (Fsp3) is 0.429. The molecule has 0 saturated carbocycles. The minimum atomic E-state index is -3.53. The van der Waals surface area contributed by atoms with E-state index in [0.29, 0.717) is 37.4 Å². The second-order valence-electron chi connectivity index (χ2n) is 5.36. The summed E-state index contributed by atoms with van der Waals surface area (Å²) in [4.78, 5) is 17.7. The molecule has 0 spiro atoms. The Balaban J connectivity index is 1.63. The molecule has 1 aliphatic heterocycles. The number of hydrogen-bond donors (Lipinski definition) is 1. The smallest absolute Gasteiger partial charge is 0.339 e. The van der Waals surface area contributed by atoms with Gasteiger partial charge in [-0.05, 0) is 19.8 Å². The molecule has 124 valence electrons. The molecule has 0 aromatic carbocycles. The van der Waals surface area contributed by atoms with Crippen LogP contribution < -0.4 is 10.4 Å². The van der Waals surface area contributed by atoms with E-state index in [1.54, 1.807) is 13.0 Å². The lowest BCUT2D eigenvalue weighted by Gasteiger charge is -2.30. The van der Waals surface area contributed by atoms with E-state index in [1.165, 1.54) is 22.9 Å². The molecule has 1 saturated heterocycles. The average molecular weight is 339 g/mol. The van der Waals surface area contributed by atoms with Crippen LogP contribution in [0.3, 0.4) is 0 Å². The van der Waals surface area contributed by atoms with Crippen molar-refractivity contribution in [3.63, 3.8) is 0 Å². The number of nitrogens with zero attached hydrogens (tertiary/aromatic N) is 2. The molecule has 8 nitrogen and oxygen atoms in total. The Morgan fingerprint density at radius 2 is 2.09 bits per heavy atom. The molecule has 1 fully saturated rings. The van der Waals surface area contributed by atoms with Crippen LogP contribution in [0.2, 0.25) is 0 Å². The largest absolute Gasteiger partial charge is 0.490 e. The monoisotopic (exact) mass is 339 g/mol. The van der Waals surface area contributed by atoms with Gasteiger partial charge < -0.3 is 14.1 Å². The molecule has 1 aliphatic rings. The Labute approximate surface area is 133 Å². The molecule has 3 rings (SSSR count). The van der Waals surface area contributed by atoms with Gasteiger partial charge in [0, 0.05) is 19.2 Å². The van der Waals surface area contributed by atoms with Crippen molar-refractivity contribution >= 4 is 10.0 Å². The lowest BCUT2D eigenvalue weighted by Crippen LogP contribution is -2.41. The highest BCUT2D eigenvalue weighted by molar-refractivity contribution is 7.89. The van der Waals surface area contributed by atoms with Gasteiger partial charge in [-0.3, -0.25) is 0 Å². The van der Waals surface area contributed by atoms with Gasteiger partial charge in [0.2, 0.25) is 0 Å². The van der Waals surface area contributed by atoms with Crippen LogP contribution in [-0.4, -0.2) is 41.9 Å². The highest BCUT2D eigenvalue weighted by atomic mass is 32.2. The Bertz CT molecular complexity index is 820. The topological polar surface area (TPSA) is 105 Å². The van der Waals surface area contributed by atoms with Gasteiger partial charge in [0.25, 0.3) is 10.0 Å². The van der Waals surface area contributed by atoms with Gasteiger partial charge in [0.1, 0.15) is 17.6 Å². The molecule has 2 aromatic heterocycles. The van der Waals surface area contributed by atoms with Gasteiger partial charge in [-0.1, -0.05) is 0 Å². The first kappa shape index (κ1) is 15.8. The lowest BCUT2D eigenvalue weighted by molar-refractivity contribution is 0.134. The van der Waals surface area contributed by atoms with Crippen LogP contribution in [0.1, 0.15) is 18.6 Å². The number of aryl methyl sites for hydroxylation is 1. The van der Waals surface area contributed by atoms with Crippen molar-refractivity contribution in [2.45, 2.75) is 30.9 Å². The molecule has 0 amide bonds. The van der Waals surface area contributed by atoms with Crippen molar-refractivity contribution in [2.24, 2.45) is 0 Å². The van der Waals surface area contributed by atoms with E-state index in [2.05, 4.69) is 9.97 Å². The van der Waals surface area contributed by atoms with Crippen LogP contribution in [0, 0.1) is 6.92 Å². The first-order chi connectivity index (χ1) is 10.9. The Morgan fingerprint density at radius 1 is 1.35 bits per heavy atom. The zero-order valence-electron chi connectivity index (χ0n) is 12.6. The normalized spacial score (nSPS) is 17.3. The van der Waals surface area contributed by atoms with Crippen LogP contribution in [0.15, 0.2) is 38.9 Å². The molecule has 3 heterocycles. The lowest BCUT2D eigenvalue weighted by atomic mass is 10.1. The molecule has 23 heavy (non-hydrogen) atoms. The second kappa shape index (κ2) is 6.17. The van der Waals surface area contributed by atoms with Gasteiger partial charge in [0.15, 0.2) is 5.03 Å². The van der Waals surface area contributed by atoms with E-state index in [1.807, 2.05) is 0 Å². The molecule has 0 bridgehead atoms. The first-order valence-electron chi connectivity index (χ1n) is 7.22. The van der Waals surface area contributed by atoms with Crippen molar-refractivity contribution in [2.75, 3.05) is 13.1 Å². The number of H-pyrrole nitrogens is 1. The van der Waals surface area contributed by atoms with Gasteiger partial charge in [0.05, 0.1) is 18.6 Å². The summed E-state index contributed by atoms with van der Waals surface area (Å²) >= 11 is 0. The molecule has 0 radical (unpaired) electrons. The number of rotatable bonds is 4. The predicted octanol–water partition coefficient (Wildman–Crippen LogP) is 0.903. The summed E-state index contributed by atoms with van der Waals surface area (Å²) in [6, 6.07) is 2.94. The van der Waals surface area contributed by atoms with E-state index < -0.39 is 15.6 Å². The molecular weight excluding hydrogens is 322 g/mol. The van der Waals surface area contributed by atoms with E-state index >= 15 is 0 Å². The molecule has 0 atom stereocenters. The third-order valence-corrected chi connectivity index (χ3v) is 5.49. The van der Waals surface area contributed by atoms with E-state index in [-0.39, 0.29) is 11.1 Å². The number of hydrogen-bond acceptors (Lipinski definition) is 6. The molecule has 9 heteroatoms. The van der Waals surface area contributed by atoms with Crippen molar-refractivity contribution in [1.29, 1.82) is 0 Å². The summed E-state index contributed by atoms with van der Waals surface area (Å²) in [6.45, 7) is 2.38. The average Bonchev–Trinajstić information content (AvgIpc) is 3.01. The standard InChI is InChI=1S/C14H17N3O5S/c1-10-6-12(7-14(18)21-10)22-11-2-4-17(5-3-11)23(19,20)13-8-15-9-16-13/h6-9,11H,2-5H2,1H3,(H,15,16). The number of sulfonamides is 1. The minimum absolute atomic E-state index is 0.0909. The van der Waals surface area contributed by atoms with Crippen LogP contribution in [0.25, 0.3) is 0 Å². The van der Waals surface area contributed by atoms with Crippen LogP contribution in [-0.2, 0) is 10.0 Å². The van der Waals surface area contributed by atoms with Gasteiger partial charge in [-0.15, -0.1) is 0 Å². The quantitative estimate of drug-likeness (QED) is 0.887. The highest BCUT2D eigenvalue weighted by Crippen LogP contribution is 2.22. The number of nitrogens with one attached hydrogen (secondary N) is 1. The number of imidazole rings is 1. The van der Waals surface area contributed by atoms with E-state index in [9.17, 15) is 13.2 Å². The molecule has 0 unspecified atom stereocenters. The van der Waals surface area contributed by atoms with Crippen molar-refractivity contribution < 1.29 is 17.6 Å². The van der Waals surface area contributed by atoms with Crippen molar-refractivity contribution in [1.82, 2.24) is 14.3 Å². The molecule has 1 N–H and O–H groups in total. The molecule has 2 aromatic rings. The highest BCUT2D eigenvalue weighted by Gasteiger charge is 2.31. The summed E-state index contributed by atoms with van der Waals surface area (Å²) in [5.41, 5.74) is -0.459. The Kier molecular flexibility index (Phi) is 4.22. The zero-order valence-corrected chi connectivity index (χ0v) is 13.4. The maximum atomic E-state index is 12.4.